The summed E-state index contributed by atoms with van der Waals surface area (Å²) in [4.78, 5) is 4.64. The van der Waals surface area contributed by atoms with E-state index in [1.165, 1.54) is 21.4 Å². The lowest BCUT2D eigenvalue weighted by atomic mass is 10.0. The maximum absolute atomic E-state index is 4.64. The minimum absolute atomic E-state index is 0.583. The van der Waals surface area contributed by atoms with Gasteiger partial charge in [0.2, 0.25) is 0 Å². The predicted molar refractivity (Wildman–Crippen MR) is 92.2 cm³/mol. The van der Waals surface area contributed by atoms with Gasteiger partial charge in [0.25, 0.3) is 0 Å². The normalized spacial score (nSPS) is 11.2. The molecule has 0 aliphatic carbocycles. The van der Waals surface area contributed by atoms with Crippen molar-refractivity contribution in [1.82, 2.24) is 4.98 Å². The van der Waals surface area contributed by atoms with Crippen LogP contribution in [-0.2, 0) is 6.54 Å². The monoisotopic (exact) mass is 296 g/mol. The number of nitrogens with zero attached hydrogens (tertiary/aromatic N) is 1. The number of fused-ring (bicyclic) bond motifs is 1. The fraction of sp³-hybridized carbons (Fsp3) is 0.278. The highest BCUT2D eigenvalue weighted by molar-refractivity contribution is 7.22. The van der Waals surface area contributed by atoms with Crippen molar-refractivity contribution in [2.24, 2.45) is 0 Å². The third-order valence-electron chi connectivity index (χ3n) is 3.63. The summed E-state index contributed by atoms with van der Waals surface area (Å²) < 4.78 is 1.23. The maximum atomic E-state index is 4.64. The number of aromatic nitrogens is 1. The molecule has 0 unspecified atom stereocenters. The van der Waals surface area contributed by atoms with E-state index in [2.05, 4.69) is 73.5 Å². The fourth-order valence-electron chi connectivity index (χ4n) is 2.31. The Labute approximate surface area is 129 Å². The molecule has 0 radical (unpaired) electrons. The van der Waals surface area contributed by atoms with Gasteiger partial charge in [-0.15, -0.1) is 0 Å². The van der Waals surface area contributed by atoms with Crippen molar-refractivity contribution in [1.29, 1.82) is 0 Å². The van der Waals surface area contributed by atoms with Crippen LogP contribution >= 0.6 is 11.3 Å². The maximum Gasteiger partial charge on any atom is 0.184 e. The van der Waals surface area contributed by atoms with E-state index in [0.29, 0.717) is 5.92 Å². The van der Waals surface area contributed by atoms with Crippen molar-refractivity contribution in [3.63, 3.8) is 0 Å². The lowest BCUT2D eigenvalue weighted by molar-refractivity contribution is 0.865. The summed E-state index contributed by atoms with van der Waals surface area (Å²) in [6.45, 7) is 7.35. The fourth-order valence-corrected chi connectivity index (χ4v) is 3.15. The van der Waals surface area contributed by atoms with Gasteiger partial charge in [-0.2, -0.15) is 0 Å². The van der Waals surface area contributed by atoms with E-state index in [9.17, 15) is 0 Å². The number of rotatable bonds is 4. The van der Waals surface area contributed by atoms with E-state index in [4.69, 9.17) is 0 Å². The van der Waals surface area contributed by atoms with Crippen molar-refractivity contribution < 1.29 is 0 Å². The van der Waals surface area contributed by atoms with Gasteiger partial charge in [0, 0.05) is 6.54 Å². The van der Waals surface area contributed by atoms with Crippen LogP contribution in [-0.4, -0.2) is 4.98 Å². The van der Waals surface area contributed by atoms with Gasteiger partial charge in [0.05, 0.1) is 10.2 Å². The Balaban J connectivity index is 1.71. The molecule has 1 N–H and O–H groups in total. The molecule has 2 aromatic carbocycles. The van der Waals surface area contributed by atoms with Gasteiger partial charge in [-0.3, -0.25) is 0 Å². The molecule has 3 aromatic rings. The first kappa shape index (κ1) is 14.1. The lowest BCUT2D eigenvalue weighted by Gasteiger charge is -2.07. The van der Waals surface area contributed by atoms with Crippen molar-refractivity contribution >= 4 is 26.7 Å². The third kappa shape index (κ3) is 3.24. The Morgan fingerprint density at radius 1 is 1.10 bits per heavy atom. The van der Waals surface area contributed by atoms with E-state index in [-0.39, 0.29) is 0 Å². The molecule has 3 rings (SSSR count). The lowest BCUT2D eigenvalue weighted by Crippen LogP contribution is -1.99. The van der Waals surface area contributed by atoms with Crippen LogP contribution in [0.3, 0.4) is 0 Å². The number of anilines is 1. The molecule has 0 atom stereocenters. The molecule has 1 aromatic heterocycles. The molecule has 0 aliphatic rings. The van der Waals surface area contributed by atoms with E-state index < -0.39 is 0 Å². The molecule has 3 heteroatoms. The second-order valence-corrected chi connectivity index (χ2v) is 6.77. The Morgan fingerprint density at radius 3 is 2.57 bits per heavy atom. The second kappa shape index (κ2) is 5.86. The zero-order valence-corrected chi connectivity index (χ0v) is 13.5. The van der Waals surface area contributed by atoms with Crippen LogP contribution in [0, 0.1) is 6.92 Å². The summed E-state index contributed by atoms with van der Waals surface area (Å²) in [5.41, 5.74) is 5.00. The van der Waals surface area contributed by atoms with Crippen molar-refractivity contribution in [2.75, 3.05) is 5.32 Å². The minimum Gasteiger partial charge on any atom is -0.357 e. The average molecular weight is 296 g/mol. The molecular formula is C18H20N2S. The number of aryl methyl sites for hydroxylation is 1. The highest BCUT2D eigenvalue weighted by Gasteiger charge is 2.04. The number of hydrogen-bond donors (Lipinski definition) is 1. The summed E-state index contributed by atoms with van der Waals surface area (Å²) in [5, 5.41) is 4.42. The molecule has 108 valence electrons. The Bertz CT molecular complexity index is 742. The standard InChI is InChI=1S/C18H20N2S/c1-12(2)15-7-5-14(6-8-15)11-19-18-20-16-10-13(3)4-9-17(16)21-18/h4-10,12H,11H2,1-3H3,(H,19,20). The van der Waals surface area contributed by atoms with Gasteiger partial charge in [-0.25, -0.2) is 4.98 Å². The Morgan fingerprint density at radius 2 is 1.86 bits per heavy atom. The number of hydrogen-bond acceptors (Lipinski definition) is 3. The van der Waals surface area contributed by atoms with Gasteiger partial charge in [-0.05, 0) is 41.7 Å². The molecule has 0 saturated carbocycles. The Hall–Kier alpha value is -1.87. The van der Waals surface area contributed by atoms with E-state index in [1.807, 2.05) is 0 Å². The van der Waals surface area contributed by atoms with Crippen molar-refractivity contribution in [3.8, 4) is 0 Å². The summed E-state index contributed by atoms with van der Waals surface area (Å²) in [5.74, 6) is 0.583. The van der Waals surface area contributed by atoms with Gasteiger partial charge in [0.1, 0.15) is 0 Å². The van der Waals surface area contributed by atoms with Crippen LogP contribution in [0.5, 0.6) is 0 Å². The summed E-state index contributed by atoms with van der Waals surface area (Å²) >= 11 is 1.71. The van der Waals surface area contributed by atoms with Gasteiger partial charge in [0.15, 0.2) is 5.13 Å². The van der Waals surface area contributed by atoms with Crippen LogP contribution in [0.1, 0.15) is 36.5 Å². The SMILES string of the molecule is Cc1ccc2sc(NCc3ccc(C(C)C)cc3)nc2c1. The third-order valence-corrected chi connectivity index (χ3v) is 4.63. The molecule has 0 aliphatic heterocycles. The quantitative estimate of drug-likeness (QED) is 0.703. The highest BCUT2D eigenvalue weighted by atomic mass is 32.1. The first-order chi connectivity index (χ1) is 10.1. The topological polar surface area (TPSA) is 24.9 Å². The van der Waals surface area contributed by atoms with E-state index in [0.717, 1.165) is 17.2 Å². The molecule has 0 bridgehead atoms. The summed E-state index contributed by atoms with van der Waals surface area (Å²) in [6.07, 6.45) is 0. The molecule has 2 nitrogen and oxygen atoms in total. The molecular weight excluding hydrogens is 276 g/mol. The zero-order valence-electron chi connectivity index (χ0n) is 12.7. The highest BCUT2D eigenvalue weighted by Crippen LogP contribution is 2.27. The Kier molecular flexibility index (Phi) is 3.93. The smallest absolute Gasteiger partial charge is 0.184 e. The van der Waals surface area contributed by atoms with E-state index in [1.54, 1.807) is 11.3 Å². The first-order valence-corrected chi connectivity index (χ1v) is 8.13. The van der Waals surface area contributed by atoms with Gasteiger partial charge >= 0.3 is 0 Å². The van der Waals surface area contributed by atoms with Crippen LogP contribution < -0.4 is 5.32 Å². The van der Waals surface area contributed by atoms with Gasteiger partial charge in [-0.1, -0.05) is 55.5 Å². The van der Waals surface area contributed by atoms with Gasteiger partial charge < -0.3 is 5.32 Å². The van der Waals surface area contributed by atoms with Crippen LogP contribution in [0.15, 0.2) is 42.5 Å². The average Bonchev–Trinajstić information content (AvgIpc) is 2.87. The second-order valence-electron chi connectivity index (χ2n) is 5.74. The molecule has 21 heavy (non-hydrogen) atoms. The predicted octanol–water partition coefficient (Wildman–Crippen LogP) is 5.34. The van der Waals surface area contributed by atoms with Crippen molar-refractivity contribution in [2.45, 2.75) is 33.2 Å². The van der Waals surface area contributed by atoms with E-state index >= 15 is 0 Å². The molecule has 0 spiro atoms. The number of benzene rings is 2. The molecule has 0 saturated heterocycles. The first-order valence-electron chi connectivity index (χ1n) is 7.32. The zero-order chi connectivity index (χ0) is 14.8. The molecule has 0 amide bonds. The van der Waals surface area contributed by atoms with Crippen LogP contribution in [0.25, 0.3) is 10.2 Å². The summed E-state index contributed by atoms with van der Waals surface area (Å²) in [6, 6.07) is 15.2. The number of nitrogens with one attached hydrogen (secondary N) is 1. The number of thiazole rings is 1. The van der Waals surface area contributed by atoms with Crippen LogP contribution in [0.2, 0.25) is 0 Å². The van der Waals surface area contributed by atoms with Crippen LogP contribution in [0.4, 0.5) is 5.13 Å². The summed E-state index contributed by atoms with van der Waals surface area (Å²) in [7, 11) is 0. The molecule has 0 fully saturated rings. The van der Waals surface area contributed by atoms with Crippen molar-refractivity contribution in [3.05, 3.63) is 59.2 Å². The molecule has 1 heterocycles. The minimum atomic E-state index is 0.583. The largest absolute Gasteiger partial charge is 0.357 e.